The van der Waals surface area contributed by atoms with Gasteiger partial charge in [-0.15, -0.1) is 37.1 Å². The maximum atomic E-state index is 12.6. The second kappa shape index (κ2) is 10.8. The molecule has 1 saturated heterocycles. The number of aliphatic imine (C=N–C) groups is 1. The number of nitrogens with one attached hydrogen (secondary N) is 2. The second-order valence-electron chi connectivity index (χ2n) is 7.36. The first-order chi connectivity index (χ1) is 13.7. The number of hydrogen-bond donors (Lipinski definition) is 2. The number of halogens is 6. The van der Waals surface area contributed by atoms with Crippen LogP contribution < -0.4 is 15.4 Å². The van der Waals surface area contributed by atoms with Crippen LogP contribution in [0, 0.1) is 0 Å². The van der Waals surface area contributed by atoms with Gasteiger partial charge in [0.15, 0.2) is 5.96 Å². The molecule has 0 aromatic heterocycles. The molecule has 2 atom stereocenters. The molecule has 2 fully saturated rings. The summed E-state index contributed by atoms with van der Waals surface area (Å²) in [4.78, 5) is 5.93. The van der Waals surface area contributed by atoms with Crippen LogP contribution in [0.5, 0.6) is 5.75 Å². The summed E-state index contributed by atoms with van der Waals surface area (Å²) in [5.74, 6) is 0.294. The van der Waals surface area contributed by atoms with Crippen molar-refractivity contribution < 1.29 is 26.7 Å². The van der Waals surface area contributed by atoms with E-state index in [0.29, 0.717) is 31.0 Å². The lowest BCUT2D eigenvalue weighted by Gasteiger charge is -2.32. The first-order valence-corrected chi connectivity index (χ1v) is 9.60. The lowest BCUT2D eigenvalue weighted by atomic mass is 10.1. The number of ether oxygens (including phenoxy) is 1. The Bertz CT molecular complexity index is 710. The highest BCUT2D eigenvalue weighted by Gasteiger charge is 2.42. The molecule has 1 heterocycles. The molecule has 0 radical (unpaired) electrons. The van der Waals surface area contributed by atoms with E-state index in [4.69, 9.17) is 0 Å². The zero-order valence-electron chi connectivity index (χ0n) is 16.5. The Labute approximate surface area is 189 Å². The van der Waals surface area contributed by atoms with Crippen molar-refractivity contribution in [2.24, 2.45) is 4.99 Å². The van der Waals surface area contributed by atoms with Gasteiger partial charge >= 0.3 is 6.36 Å². The third-order valence-corrected chi connectivity index (χ3v) is 5.20. The van der Waals surface area contributed by atoms with Crippen LogP contribution in [0.25, 0.3) is 0 Å². The maximum absolute atomic E-state index is 12.6. The molecule has 11 heteroatoms. The van der Waals surface area contributed by atoms with Crippen LogP contribution in [0.1, 0.15) is 30.7 Å². The van der Waals surface area contributed by atoms with Gasteiger partial charge in [0.1, 0.15) is 5.75 Å². The SMILES string of the molecule is CN=C(NC1CCN(CC(F)F)CC1)NC1CC1c1ccccc1OC(F)(F)F.I. The molecule has 1 saturated carbocycles. The molecule has 5 nitrogen and oxygen atoms in total. The van der Waals surface area contributed by atoms with Gasteiger partial charge in [0.25, 0.3) is 6.43 Å². The molecular weight excluding hydrogens is 522 g/mol. The quantitative estimate of drug-likeness (QED) is 0.245. The number of benzene rings is 1. The summed E-state index contributed by atoms with van der Waals surface area (Å²) >= 11 is 0. The Morgan fingerprint density at radius 3 is 2.47 bits per heavy atom. The molecule has 1 aliphatic carbocycles. The van der Waals surface area contributed by atoms with Crippen molar-refractivity contribution in [2.75, 3.05) is 26.7 Å². The Kier molecular flexibility index (Phi) is 8.95. The number of likely N-dealkylation sites (tertiary alicyclic amines) is 1. The minimum atomic E-state index is -4.73. The Balaban J connectivity index is 0.00000320. The van der Waals surface area contributed by atoms with E-state index >= 15 is 0 Å². The van der Waals surface area contributed by atoms with E-state index < -0.39 is 12.8 Å². The number of piperidine rings is 1. The van der Waals surface area contributed by atoms with E-state index in [1.807, 2.05) is 0 Å². The standard InChI is InChI=1S/C19H25F5N4O.HI/c1-25-18(26-12-6-8-28(9-7-12)11-17(20)21)27-15-10-14(15)13-4-2-3-5-16(13)29-19(22,23)24;/h2-5,12,14-15,17H,6-11H2,1H3,(H2,25,26,27);1H. The summed E-state index contributed by atoms with van der Waals surface area (Å²) in [6.45, 7) is 0.975. The lowest BCUT2D eigenvalue weighted by Crippen LogP contribution is -2.49. The first kappa shape index (κ1) is 24.9. The first-order valence-electron chi connectivity index (χ1n) is 9.60. The van der Waals surface area contributed by atoms with Crippen molar-refractivity contribution in [3.63, 3.8) is 0 Å². The third-order valence-electron chi connectivity index (χ3n) is 5.20. The molecule has 2 unspecified atom stereocenters. The number of alkyl halides is 5. The van der Waals surface area contributed by atoms with Crippen LogP contribution in [-0.4, -0.2) is 62.4 Å². The van der Waals surface area contributed by atoms with E-state index in [2.05, 4.69) is 20.4 Å². The van der Waals surface area contributed by atoms with Crippen molar-refractivity contribution in [2.45, 2.75) is 50.1 Å². The molecule has 1 aromatic carbocycles. The summed E-state index contributed by atoms with van der Waals surface area (Å²) in [6.07, 6.45) is -4.94. The normalized spacial score (nSPS) is 23.1. The molecular formula is C19H26F5IN4O. The smallest absolute Gasteiger partial charge is 0.405 e. The van der Waals surface area contributed by atoms with Crippen LogP contribution in [0.2, 0.25) is 0 Å². The van der Waals surface area contributed by atoms with Crippen molar-refractivity contribution in [1.82, 2.24) is 15.5 Å². The molecule has 2 aliphatic rings. The average molecular weight is 548 g/mol. The van der Waals surface area contributed by atoms with Gasteiger partial charge in [-0.3, -0.25) is 9.89 Å². The Morgan fingerprint density at radius 1 is 1.20 bits per heavy atom. The number of guanidine groups is 1. The van der Waals surface area contributed by atoms with E-state index in [1.165, 1.54) is 12.1 Å². The second-order valence-corrected chi connectivity index (χ2v) is 7.36. The minimum absolute atomic E-state index is 0. The fourth-order valence-corrected chi connectivity index (χ4v) is 3.70. The molecule has 0 amide bonds. The number of rotatable bonds is 6. The van der Waals surface area contributed by atoms with Gasteiger partial charge in [-0.05, 0) is 30.9 Å². The van der Waals surface area contributed by atoms with E-state index in [0.717, 1.165) is 12.8 Å². The molecule has 1 aliphatic heterocycles. The summed E-state index contributed by atoms with van der Waals surface area (Å²) in [5, 5.41) is 6.53. The fourth-order valence-electron chi connectivity index (χ4n) is 3.70. The van der Waals surface area contributed by atoms with Gasteiger partial charge in [0.05, 0.1) is 6.54 Å². The largest absolute Gasteiger partial charge is 0.573 e. The van der Waals surface area contributed by atoms with Crippen LogP contribution in [0.4, 0.5) is 22.0 Å². The molecule has 0 spiro atoms. The summed E-state index contributed by atoms with van der Waals surface area (Å²) in [7, 11) is 1.62. The van der Waals surface area contributed by atoms with Crippen molar-refractivity contribution in [1.29, 1.82) is 0 Å². The molecule has 2 N–H and O–H groups in total. The van der Waals surface area contributed by atoms with Gasteiger partial charge in [-0.1, -0.05) is 18.2 Å². The number of para-hydroxylation sites is 1. The fraction of sp³-hybridized carbons (Fsp3) is 0.632. The Hall–Kier alpha value is -1.37. The zero-order valence-corrected chi connectivity index (χ0v) is 18.8. The lowest BCUT2D eigenvalue weighted by molar-refractivity contribution is -0.274. The third kappa shape index (κ3) is 7.40. The average Bonchev–Trinajstić information content (AvgIpc) is 3.40. The minimum Gasteiger partial charge on any atom is -0.405 e. The van der Waals surface area contributed by atoms with E-state index in [9.17, 15) is 22.0 Å². The van der Waals surface area contributed by atoms with Gasteiger partial charge in [-0.2, -0.15) is 0 Å². The van der Waals surface area contributed by atoms with Crippen LogP contribution in [0.15, 0.2) is 29.3 Å². The Morgan fingerprint density at radius 2 is 1.87 bits per heavy atom. The predicted octanol–water partition coefficient (Wildman–Crippen LogP) is 3.95. The molecule has 3 rings (SSSR count). The molecule has 170 valence electrons. The van der Waals surface area contributed by atoms with Gasteiger partial charge in [-0.25, -0.2) is 8.78 Å². The summed E-state index contributed by atoms with van der Waals surface area (Å²) in [5.41, 5.74) is 0.512. The van der Waals surface area contributed by atoms with E-state index in [1.54, 1.807) is 24.1 Å². The van der Waals surface area contributed by atoms with Crippen LogP contribution in [0.3, 0.4) is 0 Å². The molecule has 0 bridgehead atoms. The van der Waals surface area contributed by atoms with Gasteiger partial charge in [0, 0.05) is 38.1 Å². The van der Waals surface area contributed by atoms with Gasteiger partial charge in [0.2, 0.25) is 0 Å². The molecule has 30 heavy (non-hydrogen) atoms. The van der Waals surface area contributed by atoms with Crippen molar-refractivity contribution in [3.05, 3.63) is 29.8 Å². The van der Waals surface area contributed by atoms with Crippen molar-refractivity contribution >= 4 is 29.9 Å². The zero-order chi connectivity index (χ0) is 21.0. The highest BCUT2D eigenvalue weighted by atomic mass is 127. The summed E-state index contributed by atoms with van der Waals surface area (Å²) < 4.78 is 66.9. The maximum Gasteiger partial charge on any atom is 0.573 e. The highest BCUT2D eigenvalue weighted by Crippen LogP contribution is 2.45. The highest BCUT2D eigenvalue weighted by molar-refractivity contribution is 14.0. The monoisotopic (exact) mass is 548 g/mol. The topological polar surface area (TPSA) is 48.9 Å². The predicted molar refractivity (Wildman–Crippen MR) is 115 cm³/mol. The molecule has 1 aromatic rings. The van der Waals surface area contributed by atoms with Gasteiger partial charge < -0.3 is 15.4 Å². The van der Waals surface area contributed by atoms with Crippen LogP contribution in [-0.2, 0) is 0 Å². The van der Waals surface area contributed by atoms with E-state index in [-0.39, 0.29) is 54.3 Å². The van der Waals surface area contributed by atoms with Crippen molar-refractivity contribution in [3.8, 4) is 5.75 Å². The van der Waals surface area contributed by atoms with Crippen LogP contribution >= 0.6 is 24.0 Å². The number of hydrogen-bond acceptors (Lipinski definition) is 3. The number of nitrogens with zero attached hydrogens (tertiary/aromatic N) is 2. The summed E-state index contributed by atoms with van der Waals surface area (Å²) in [6, 6.07) is 6.23.